The molecule has 0 aromatic heterocycles. The van der Waals surface area contributed by atoms with E-state index in [1.54, 1.807) is 0 Å². The average Bonchev–Trinajstić information content (AvgIpc) is 2.61. The van der Waals surface area contributed by atoms with Crippen LogP contribution >= 0.6 is 0 Å². The summed E-state index contributed by atoms with van der Waals surface area (Å²) >= 11 is 0. The van der Waals surface area contributed by atoms with Crippen molar-refractivity contribution in [1.82, 2.24) is 0 Å². The molecule has 4 rings (SSSR count). The van der Waals surface area contributed by atoms with Gasteiger partial charge in [0.15, 0.2) is 0 Å². The van der Waals surface area contributed by atoms with Crippen LogP contribution in [-0.4, -0.2) is 0 Å². The quantitative estimate of drug-likeness (QED) is 0.288. The van der Waals surface area contributed by atoms with Crippen molar-refractivity contribution in [2.75, 3.05) is 0 Å². The highest BCUT2D eigenvalue weighted by Gasteiger charge is 2.11. The third-order valence-electron chi connectivity index (χ3n) is 4.49. The van der Waals surface area contributed by atoms with Gasteiger partial charge in [-0.15, -0.1) is 0 Å². The SMILES string of the molecule is C=Cc1c(C)ccc2c1c(=C)c1cccc3cccc2c31.CC. The number of fused-ring (bicyclic) bond motifs is 2. The lowest BCUT2D eigenvalue weighted by Gasteiger charge is -2.14. The Morgan fingerprint density at radius 2 is 1.39 bits per heavy atom. The molecule has 0 heterocycles. The molecular formula is C23H22. The Morgan fingerprint density at radius 3 is 2.04 bits per heavy atom. The molecule has 0 heteroatoms. The maximum absolute atomic E-state index is 4.38. The summed E-state index contributed by atoms with van der Waals surface area (Å²) in [6.45, 7) is 14.5. The summed E-state index contributed by atoms with van der Waals surface area (Å²) in [5, 5.41) is 8.74. The van der Waals surface area contributed by atoms with Crippen LogP contribution in [0.2, 0.25) is 0 Å². The van der Waals surface area contributed by atoms with Crippen molar-refractivity contribution in [2.24, 2.45) is 0 Å². The molecule has 0 spiro atoms. The first-order chi connectivity index (χ1) is 11.2. The zero-order valence-electron chi connectivity index (χ0n) is 14.1. The van der Waals surface area contributed by atoms with Gasteiger partial charge in [0.2, 0.25) is 0 Å². The van der Waals surface area contributed by atoms with E-state index in [4.69, 9.17) is 0 Å². The third kappa shape index (κ3) is 2.14. The van der Waals surface area contributed by atoms with E-state index in [1.165, 1.54) is 43.4 Å². The fourth-order valence-corrected chi connectivity index (χ4v) is 3.49. The Hall–Kier alpha value is -2.60. The molecule has 0 radical (unpaired) electrons. The number of hydrogen-bond donors (Lipinski definition) is 0. The summed E-state index contributed by atoms with van der Waals surface area (Å²) in [4.78, 5) is 0. The van der Waals surface area contributed by atoms with Gasteiger partial charge in [0, 0.05) is 0 Å². The standard InChI is InChI=1S/C21H16.C2H6/c1-4-16-13(2)11-12-19-18-10-6-8-15-7-5-9-17(21(15)18)14(3)20(16)19;1-2/h4-12H,1,3H2,2H3;1-2H3. The molecule has 0 saturated carbocycles. The second-order valence-electron chi connectivity index (χ2n) is 5.61. The van der Waals surface area contributed by atoms with Gasteiger partial charge < -0.3 is 0 Å². The molecule has 0 atom stereocenters. The number of benzene rings is 4. The van der Waals surface area contributed by atoms with E-state index in [0.29, 0.717) is 0 Å². The summed E-state index contributed by atoms with van der Waals surface area (Å²) in [5.41, 5.74) is 2.44. The molecule has 0 aliphatic rings. The van der Waals surface area contributed by atoms with Crippen LogP contribution in [-0.2, 0) is 0 Å². The Kier molecular flexibility index (Phi) is 3.92. The molecule has 0 saturated heterocycles. The van der Waals surface area contributed by atoms with Crippen molar-refractivity contribution in [2.45, 2.75) is 20.8 Å². The van der Waals surface area contributed by atoms with Crippen LogP contribution < -0.4 is 5.22 Å². The largest absolute Gasteiger partial charge is 0.0984 e. The van der Waals surface area contributed by atoms with Gasteiger partial charge in [-0.1, -0.05) is 81.6 Å². The van der Waals surface area contributed by atoms with Crippen molar-refractivity contribution in [3.8, 4) is 0 Å². The van der Waals surface area contributed by atoms with Gasteiger partial charge in [-0.25, -0.2) is 0 Å². The smallest absolute Gasteiger partial charge is 0.00266 e. The second kappa shape index (κ2) is 5.89. The number of hydrogen-bond acceptors (Lipinski definition) is 0. The van der Waals surface area contributed by atoms with Gasteiger partial charge in [-0.05, 0) is 55.6 Å². The van der Waals surface area contributed by atoms with Crippen LogP contribution in [0.5, 0.6) is 0 Å². The molecule has 4 aromatic rings. The van der Waals surface area contributed by atoms with E-state index in [-0.39, 0.29) is 0 Å². The van der Waals surface area contributed by atoms with Crippen LogP contribution in [0.1, 0.15) is 25.0 Å². The van der Waals surface area contributed by atoms with E-state index in [1.807, 2.05) is 19.9 Å². The Labute approximate surface area is 137 Å². The molecule has 0 bridgehead atoms. The van der Waals surface area contributed by atoms with Crippen molar-refractivity contribution in [3.63, 3.8) is 0 Å². The number of aryl methyl sites for hydroxylation is 1. The molecule has 0 fully saturated rings. The summed E-state index contributed by atoms with van der Waals surface area (Å²) < 4.78 is 0. The van der Waals surface area contributed by atoms with E-state index in [0.717, 1.165) is 5.22 Å². The van der Waals surface area contributed by atoms with Gasteiger partial charge in [0.05, 0.1) is 0 Å². The Morgan fingerprint density at radius 1 is 0.783 bits per heavy atom. The fourth-order valence-electron chi connectivity index (χ4n) is 3.49. The van der Waals surface area contributed by atoms with E-state index >= 15 is 0 Å². The first-order valence-electron chi connectivity index (χ1n) is 8.20. The normalized spacial score (nSPS) is 10.7. The zero-order valence-corrected chi connectivity index (χ0v) is 14.1. The molecule has 114 valence electrons. The summed E-state index contributed by atoms with van der Waals surface area (Å²) in [7, 11) is 0. The molecule has 0 nitrogen and oxygen atoms in total. The molecule has 0 aliphatic heterocycles. The summed E-state index contributed by atoms with van der Waals surface area (Å²) in [6, 6.07) is 17.4. The maximum Gasteiger partial charge on any atom is -0.00266 e. The van der Waals surface area contributed by atoms with Gasteiger partial charge >= 0.3 is 0 Å². The number of rotatable bonds is 1. The minimum absolute atomic E-state index is 1.10. The summed E-state index contributed by atoms with van der Waals surface area (Å²) in [5.74, 6) is 0. The highest BCUT2D eigenvalue weighted by molar-refractivity contribution is 6.22. The second-order valence-corrected chi connectivity index (χ2v) is 5.61. The predicted octanol–water partition coefficient (Wildman–Crippen LogP) is 6.25. The minimum atomic E-state index is 1.10. The molecule has 0 N–H and O–H groups in total. The van der Waals surface area contributed by atoms with Crippen LogP contribution in [0.4, 0.5) is 0 Å². The molecule has 4 aromatic carbocycles. The van der Waals surface area contributed by atoms with E-state index in [9.17, 15) is 0 Å². The lowest BCUT2D eigenvalue weighted by molar-refractivity contribution is 1.48. The van der Waals surface area contributed by atoms with E-state index < -0.39 is 0 Å². The van der Waals surface area contributed by atoms with Gasteiger partial charge in [0.1, 0.15) is 0 Å². The zero-order chi connectivity index (χ0) is 16.6. The van der Waals surface area contributed by atoms with Crippen LogP contribution in [0.25, 0.3) is 45.0 Å². The fraction of sp³-hybridized carbons (Fsp3) is 0.130. The average molecular weight is 298 g/mol. The van der Waals surface area contributed by atoms with Crippen LogP contribution in [0, 0.1) is 6.92 Å². The molecule has 0 amide bonds. The molecular weight excluding hydrogens is 276 g/mol. The maximum atomic E-state index is 4.38. The van der Waals surface area contributed by atoms with Crippen LogP contribution in [0.15, 0.2) is 55.1 Å². The lowest BCUT2D eigenvalue weighted by atomic mass is 9.90. The highest BCUT2D eigenvalue weighted by Crippen LogP contribution is 2.32. The first-order valence-corrected chi connectivity index (χ1v) is 8.20. The van der Waals surface area contributed by atoms with Crippen molar-refractivity contribution < 1.29 is 0 Å². The monoisotopic (exact) mass is 298 g/mol. The Balaban J connectivity index is 0.000000753. The lowest BCUT2D eigenvalue weighted by Crippen LogP contribution is -2.05. The topological polar surface area (TPSA) is 0 Å². The van der Waals surface area contributed by atoms with Crippen LogP contribution in [0.3, 0.4) is 0 Å². The highest BCUT2D eigenvalue weighted by atomic mass is 14.1. The predicted molar refractivity (Wildman–Crippen MR) is 106 cm³/mol. The van der Waals surface area contributed by atoms with E-state index in [2.05, 4.69) is 68.6 Å². The minimum Gasteiger partial charge on any atom is -0.0984 e. The summed E-state index contributed by atoms with van der Waals surface area (Å²) in [6.07, 6.45) is 1.95. The van der Waals surface area contributed by atoms with Gasteiger partial charge in [-0.3, -0.25) is 0 Å². The van der Waals surface area contributed by atoms with Crippen molar-refractivity contribution in [3.05, 3.63) is 71.5 Å². The first kappa shape index (κ1) is 15.3. The van der Waals surface area contributed by atoms with Crippen molar-refractivity contribution in [1.29, 1.82) is 0 Å². The molecule has 0 unspecified atom stereocenters. The third-order valence-corrected chi connectivity index (χ3v) is 4.49. The molecule has 0 aliphatic carbocycles. The van der Waals surface area contributed by atoms with Gasteiger partial charge in [-0.2, -0.15) is 0 Å². The Bertz CT molecular complexity index is 1060. The van der Waals surface area contributed by atoms with Gasteiger partial charge in [0.25, 0.3) is 0 Å². The molecule has 23 heavy (non-hydrogen) atoms. The van der Waals surface area contributed by atoms with Crippen molar-refractivity contribution >= 4 is 45.0 Å².